The lowest BCUT2D eigenvalue weighted by atomic mass is 9.99. The number of halogens is 1. The molecule has 0 saturated carbocycles. The average molecular weight is 435 g/mol. The van der Waals surface area contributed by atoms with Gasteiger partial charge in [-0.1, -0.05) is 26.0 Å². The maximum atomic E-state index is 13.6. The number of methoxy groups -OCH3 is 1. The third-order valence-corrected chi connectivity index (χ3v) is 7.53. The molecule has 1 unspecified atom stereocenters. The van der Waals surface area contributed by atoms with Crippen LogP contribution < -0.4 is 4.74 Å². The van der Waals surface area contributed by atoms with E-state index in [2.05, 4.69) is 13.8 Å². The van der Waals surface area contributed by atoms with Crippen LogP contribution in [0.3, 0.4) is 0 Å². The van der Waals surface area contributed by atoms with Crippen molar-refractivity contribution in [2.45, 2.75) is 31.1 Å². The summed E-state index contributed by atoms with van der Waals surface area (Å²) in [6, 6.07) is 10.8. The second-order valence-electron chi connectivity index (χ2n) is 7.42. The van der Waals surface area contributed by atoms with Crippen LogP contribution in [-0.2, 0) is 10.0 Å². The molecule has 2 aromatic rings. The Morgan fingerprint density at radius 1 is 1.10 bits per heavy atom. The summed E-state index contributed by atoms with van der Waals surface area (Å²) < 4.78 is 46.1. The first kappa shape index (κ1) is 22.2. The average Bonchev–Trinajstić information content (AvgIpc) is 2.78. The molecule has 1 heterocycles. The lowest BCUT2D eigenvalue weighted by molar-refractivity contribution is 0.0694. The molecule has 1 aliphatic heterocycles. The highest BCUT2D eigenvalue weighted by atomic mass is 32.2. The number of benzene rings is 2. The predicted molar refractivity (Wildman–Crippen MR) is 113 cm³/mol. The van der Waals surface area contributed by atoms with Crippen molar-refractivity contribution in [1.29, 1.82) is 0 Å². The predicted octanol–water partition coefficient (Wildman–Crippen LogP) is 3.49. The summed E-state index contributed by atoms with van der Waals surface area (Å²) in [7, 11) is -2.22. The second kappa shape index (κ2) is 9.14. The molecule has 1 aliphatic rings. The van der Waals surface area contributed by atoms with Gasteiger partial charge >= 0.3 is 0 Å². The molecule has 0 N–H and O–H groups in total. The van der Waals surface area contributed by atoms with Gasteiger partial charge in [0, 0.05) is 26.2 Å². The van der Waals surface area contributed by atoms with Crippen molar-refractivity contribution >= 4 is 15.9 Å². The first-order chi connectivity index (χ1) is 14.3. The summed E-state index contributed by atoms with van der Waals surface area (Å²) >= 11 is 0. The van der Waals surface area contributed by atoms with Crippen molar-refractivity contribution in [3.05, 3.63) is 59.4 Å². The molecule has 0 bridgehead atoms. The summed E-state index contributed by atoms with van der Waals surface area (Å²) in [6.45, 7) is 5.01. The third kappa shape index (κ3) is 4.49. The normalized spacial score (nSPS) is 16.3. The van der Waals surface area contributed by atoms with Crippen LogP contribution >= 0.6 is 0 Å². The number of piperazine rings is 1. The fraction of sp³-hybridized carbons (Fsp3) is 0.409. The molecular weight excluding hydrogens is 407 g/mol. The Labute approximate surface area is 177 Å². The summed E-state index contributed by atoms with van der Waals surface area (Å²) in [4.78, 5) is 14.6. The van der Waals surface area contributed by atoms with Crippen LogP contribution in [0.5, 0.6) is 5.75 Å². The van der Waals surface area contributed by atoms with E-state index < -0.39 is 15.8 Å². The van der Waals surface area contributed by atoms with Crippen molar-refractivity contribution < 1.29 is 22.3 Å². The fourth-order valence-electron chi connectivity index (χ4n) is 3.50. The monoisotopic (exact) mass is 434 g/mol. The minimum absolute atomic E-state index is 0.134. The van der Waals surface area contributed by atoms with Crippen LogP contribution in [0.1, 0.15) is 42.1 Å². The van der Waals surface area contributed by atoms with Crippen LogP contribution in [0, 0.1) is 5.82 Å². The zero-order chi connectivity index (χ0) is 21.9. The van der Waals surface area contributed by atoms with E-state index in [4.69, 9.17) is 4.74 Å². The first-order valence-corrected chi connectivity index (χ1v) is 11.4. The summed E-state index contributed by atoms with van der Waals surface area (Å²) in [6.07, 6.45) is 0.984. The smallest absolute Gasteiger partial charge is 0.257 e. The van der Waals surface area contributed by atoms with E-state index in [1.165, 1.54) is 28.4 Å². The van der Waals surface area contributed by atoms with E-state index in [9.17, 15) is 17.6 Å². The van der Waals surface area contributed by atoms with Gasteiger partial charge in [0.1, 0.15) is 11.6 Å². The number of hydrogen-bond acceptors (Lipinski definition) is 4. The van der Waals surface area contributed by atoms with Crippen molar-refractivity contribution in [2.75, 3.05) is 33.3 Å². The molecular formula is C22H27FN2O4S. The minimum atomic E-state index is -3.63. The minimum Gasteiger partial charge on any atom is -0.496 e. The van der Waals surface area contributed by atoms with Crippen molar-refractivity contribution in [3.63, 3.8) is 0 Å². The van der Waals surface area contributed by atoms with E-state index in [0.717, 1.165) is 18.1 Å². The molecule has 1 fully saturated rings. The molecule has 3 rings (SSSR count). The molecule has 0 aromatic heterocycles. The Hall–Kier alpha value is -2.45. The zero-order valence-corrected chi connectivity index (χ0v) is 18.3. The van der Waals surface area contributed by atoms with Gasteiger partial charge in [-0.15, -0.1) is 0 Å². The molecule has 6 nitrogen and oxygen atoms in total. The number of ether oxygens (including phenoxy) is 1. The largest absolute Gasteiger partial charge is 0.496 e. The fourth-order valence-corrected chi connectivity index (χ4v) is 4.92. The highest BCUT2D eigenvalue weighted by Gasteiger charge is 2.31. The number of hydrogen-bond donors (Lipinski definition) is 0. The van der Waals surface area contributed by atoms with Crippen molar-refractivity contribution in [2.24, 2.45) is 0 Å². The van der Waals surface area contributed by atoms with Gasteiger partial charge in [0.2, 0.25) is 10.0 Å². The van der Waals surface area contributed by atoms with Gasteiger partial charge in [-0.3, -0.25) is 4.79 Å². The third-order valence-electron chi connectivity index (χ3n) is 5.62. The number of sulfonamides is 1. The van der Waals surface area contributed by atoms with Crippen molar-refractivity contribution in [3.8, 4) is 5.75 Å². The van der Waals surface area contributed by atoms with Gasteiger partial charge in [-0.2, -0.15) is 4.31 Å². The Morgan fingerprint density at radius 3 is 2.30 bits per heavy atom. The topological polar surface area (TPSA) is 66.9 Å². The SMILES string of the molecule is CCC(C)c1ccc(S(=O)(=O)N2CCN(C(=O)c3cc(F)ccc3OC)CC2)cc1. The number of carbonyl (C=O) groups excluding carboxylic acids is 1. The summed E-state index contributed by atoms with van der Waals surface area (Å²) in [5.74, 6) is -0.239. The van der Waals surface area contributed by atoms with Gasteiger partial charge in [0.25, 0.3) is 5.91 Å². The Morgan fingerprint density at radius 2 is 1.73 bits per heavy atom. The van der Waals surface area contributed by atoms with E-state index in [-0.39, 0.29) is 48.3 Å². The molecule has 1 amide bonds. The van der Waals surface area contributed by atoms with Gasteiger partial charge in [0.15, 0.2) is 0 Å². The first-order valence-electron chi connectivity index (χ1n) is 10.0. The standard InChI is InChI=1S/C22H27FN2O4S/c1-4-16(2)17-5-8-19(9-6-17)30(27,28)25-13-11-24(12-14-25)22(26)20-15-18(23)7-10-21(20)29-3/h5-10,15-16H,4,11-14H2,1-3H3. The molecule has 162 valence electrons. The lowest BCUT2D eigenvalue weighted by Gasteiger charge is -2.34. The molecule has 30 heavy (non-hydrogen) atoms. The molecule has 0 aliphatic carbocycles. The maximum Gasteiger partial charge on any atom is 0.257 e. The Bertz CT molecular complexity index is 1000. The van der Waals surface area contributed by atoms with E-state index in [1.54, 1.807) is 12.1 Å². The van der Waals surface area contributed by atoms with Crippen LogP contribution in [0.4, 0.5) is 4.39 Å². The van der Waals surface area contributed by atoms with E-state index in [0.29, 0.717) is 5.92 Å². The summed E-state index contributed by atoms with van der Waals surface area (Å²) in [5.41, 5.74) is 1.24. The van der Waals surface area contributed by atoms with Crippen LogP contribution in [0.25, 0.3) is 0 Å². The van der Waals surface area contributed by atoms with Crippen LogP contribution in [0.2, 0.25) is 0 Å². The van der Waals surface area contributed by atoms with Crippen LogP contribution in [0.15, 0.2) is 47.4 Å². The Kier molecular flexibility index (Phi) is 6.77. The van der Waals surface area contributed by atoms with Gasteiger partial charge in [-0.25, -0.2) is 12.8 Å². The number of nitrogens with zero attached hydrogens (tertiary/aromatic N) is 2. The van der Waals surface area contributed by atoms with E-state index >= 15 is 0 Å². The number of rotatable bonds is 6. The molecule has 0 radical (unpaired) electrons. The van der Waals surface area contributed by atoms with E-state index in [1.807, 2.05) is 12.1 Å². The number of amides is 1. The maximum absolute atomic E-state index is 13.6. The highest BCUT2D eigenvalue weighted by Crippen LogP contribution is 2.25. The summed E-state index contributed by atoms with van der Waals surface area (Å²) in [5, 5.41) is 0. The molecule has 8 heteroatoms. The molecule has 1 saturated heterocycles. The highest BCUT2D eigenvalue weighted by molar-refractivity contribution is 7.89. The molecule has 0 spiro atoms. The molecule has 1 atom stereocenters. The molecule has 2 aromatic carbocycles. The zero-order valence-electron chi connectivity index (χ0n) is 17.5. The quantitative estimate of drug-likeness (QED) is 0.698. The van der Waals surface area contributed by atoms with Gasteiger partial charge in [0.05, 0.1) is 17.6 Å². The number of carbonyl (C=O) groups is 1. The van der Waals surface area contributed by atoms with Crippen LogP contribution in [-0.4, -0.2) is 56.8 Å². The Balaban J connectivity index is 1.70. The van der Waals surface area contributed by atoms with Crippen molar-refractivity contribution in [1.82, 2.24) is 9.21 Å². The van der Waals surface area contributed by atoms with Gasteiger partial charge < -0.3 is 9.64 Å². The lowest BCUT2D eigenvalue weighted by Crippen LogP contribution is -2.50. The second-order valence-corrected chi connectivity index (χ2v) is 9.36. The van der Waals surface area contributed by atoms with Gasteiger partial charge in [-0.05, 0) is 48.2 Å².